The first-order valence-corrected chi connectivity index (χ1v) is 6.60. The highest BCUT2D eigenvalue weighted by Gasteiger charge is 2.07. The van der Waals surface area contributed by atoms with Crippen LogP contribution in [0, 0.1) is 0 Å². The van der Waals surface area contributed by atoms with Crippen LogP contribution in [0.2, 0.25) is 5.15 Å². The maximum absolute atomic E-state index is 11.7. The molecule has 19 heavy (non-hydrogen) atoms. The summed E-state index contributed by atoms with van der Waals surface area (Å²) in [6.07, 6.45) is 5.92. The number of amides is 1. The van der Waals surface area contributed by atoms with Gasteiger partial charge in [0.25, 0.3) is 0 Å². The first-order chi connectivity index (χ1) is 9.11. The third-order valence-corrected chi connectivity index (χ3v) is 3.19. The highest BCUT2D eigenvalue weighted by Crippen LogP contribution is 2.18. The van der Waals surface area contributed by atoms with Crippen molar-refractivity contribution in [1.82, 2.24) is 14.7 Å². The predicted molar refractivity (Wildman–Crippen MR) is 77.1 cm³/mol. The fourth-order valence-corrected chi connectivity index (χ4v) is 1.92. The molecule has 0 saturated carbocycles. The summed E-state index contributed by atoms with van der Waals surface area (Å²) >= 11 is 6.07. The van der Waals surface area contributed by atoms with Crippen molar-refractivity contribution < 1.29 is 4.79 Å². The molecule has 2 rings (SSSR count). The van der Waals surface area contributed by atoms with E-state index < -0.39 is 0 Å². The highest BCUT2D eigenvalue weighted by molar-refractivity contribution is 6.31. The van der Waals surface area contributed by atoms with Crippen LogP contribution in [0.5, 0.6) is 0 Å². The number of rotatable bonds is 4. The van der Waals surface area contributed by atoms with Crippen molar-refractivity contribution in [3.63, 3.8) is 0 Å². The fraction of sp³-hybridized carbons (Fsp3) is 0.286. The maximum Gasteiger partial charge on any atom is 0.244 e. The number of imidazole rings is 1. The second-order valence-corrected chi connectivity index (χ2v) is 4.73. The Morgan fingerprint density at radius 1 is 1.58 bits per heavy atom. The van der Waals surface area contributed by atoms with Gasteiger partial charge in [-0.25, -0.2) is 4.98 Å². The summed E-state index contributed by atoms with van der Waals surface area (Å²) in [5, 5.41) is 3.25. The molecule has 1 amide bonds. The number of carbonyl (C=O) groups is 1. The van der Waals surface area contributed by atoms with Gasteiger partial charge in [0.2, 0.25) is 5.91 Å². The number of aromatic nitrogens is 2. The number of fused-ring (bicyclic) bond motifs is 1. The minimum absolute atomic E-state index is 0.128. The molecule has 1 unspecified atom stereocenters. The van der Waals surface area contributed by atoms with Crippen molar-refractivity contribution >= 4 is 29.2 Å². The molecule has 4 nitrogen and oxygen atoms in total. The second-order valence-electron chi connectivity index (χ2n) is 4.37. The van der Waals surface area contributed by atoms with Gasteiger partial charge in [0.1, 0.15) is 5.65 Å². The van der Waals surface area contributed by atoms with Crippen molar-refractivity contribution in [2.45, 2.75) is 26.3 Å². The van der Waals surface area contributed by atoms with E-state index in [1.807, 2.05) is 42.6 Å². The number of carbonyl (C=O) groups excluding carboxylic acids is 1. The molecular formula is C14H16ClN3O. The Kier molecular flexibility index (Phi) is 4.22. The zero-order chi connectivity index (χ0) is 13.8. The third kappa shape index (κ3) is 3.15. The number of halogens is 1. The summed E-state index contributed by atoms with van der Waals surface area (Å²) in [4.78, 5) is 15.9. The van der Waals surface area contributed by atoms with Crippen LogP contribution in [0.15, 0.2) is 30.5 Å². The Bertz CT molecular complexity index is 618. The molecular weight excluding hydrogens is 262 g/mol. The monoisotopic (exact) mass is 277 g/mol. The molecule has 100 valence electrons. The van der Waals surface area contributed by atoms with E-state index in [2.05, 4.69) is 10.3 Å². The molecule has 0 aliphatic rings. The molecule has 1 atom stereocenters. The van der Waals surface area contributed by atoms with Crippen LogP contribution in [0.1, 0.15) is 26.0 Å². The molecule has 0 fully saturated rings. The molecule has 0 radical (unpaired) electrons. The van der Waals surface area contributed by atoms with Crippen molar-refractivity contribution in [3.05, 3.63) is 41.3 Å². The van der Waals surface area contributed by atoms with E-state index in [-0.39, 0.29) is 11.9 Å². The summed E-state index contributed by atoms with van der Waals surface area (Å²) in [5.41, 5.74) is 1.46. The van der Waals surface area contributed by atoms with E-state index in [0.717, 1.165) is 12.1 Å². The molecule has 0 saturated heterocycles. The number of nitrogens with one attached hydrogen (secondary N) is 1. The standard InChI is InChI=1S/C14H16ClN3O/c1-3-10(2)16-13(19)8-7-11-14(15)17-12-6-4-5-9-18(11)12/h4-10H,3H2,1-2H3,(H,16,19)/b8-7+. The average molecular weight is 278 g/mol. The van der Waals surface area contributed by atoms with Crippen molar-refractivity contribution in [2.24, 2.45) is 0 Å². The zero-order valence-electron chi connectivity index (χ0n) is 10.9. The molecule has 2 aromatic rings. The largest absolute Gasteiger partial charge is 0.350 e. The first kappa shape index (κ1) is 13.6. The van der Waals surface area contributed by atoms with Crippen molar-refractivity contribution in [2.75, 3.05) is 0 Å². The Morgan fingerprint density at radius 2 is 2.37 bits per heavy atom. The molecule has 0 aliphatic heterocycles. The first-order valence-electron chi connectivity index (χ1n) is 6.23. The minimum Gasteiger partial charge on any atom is -0.350 e. The molecule has 0 spiro atoms. The SMILES string of the molecule is CCC(C)NC(=O)/C=C/c1c(Cl)nc2ccccn12. The van der Waals surface area contributed by atoms with Gasteiger partial charge >= 0.3 is 0 Å². The lowest BCUT2D eigenvalue weighted by Gasteiger charge is -2.08. The van der Waals surface area contributed by atoms with E-state index in [1.165, 1.54) is 6.08 Å². The number of pyridine rings is 1. The van der Waals surface area contributed by atoms with Crippen molar-refractivity contribution in [1.29, 1.82) is 0 Å². The number of hydrogen-bond acceptors (Lipinski definition) is 2. The van der Waals surface area contributed by atoms with Crippen LogP contribution >= 0.6 is 11.6 Å². The zero-order valence-corrected chi connectivity index (χ0v) is 11.7. The lowest BCUT2D eigenvalue weighted by molar-refractivity contribution is -0.117. The van der Waals surface area contributed by atoms with Gasteiger partial charge in [0, 0.05) is 18.3 Å². The van der Waals surface area contributed by atoms with Crippen LogP contribution in [-0.4, -0.2) is 21.3 Å². The number of hydrogen-bond donors (Lipinski definition) is 1. The maximum atomic E-state index is 11.7. The average Bonchev–Trinajstić information content (AvgIpc) is 2.71. The van der Waals surface area contributed by atoms with E-state index in [1.54, 1.807) is 6.08 Å². The fourth-order valence-electron chi connectivity index (χ4n) is 1.68. The van der Waals surface area contributed by atoms with E-state index in [9.17, 15) is 4.79 Å². The van der Waals surface area contributed by atoms with Gasteiger partial charge in [-0.15, -0.1) is 0 Å². The van der Waals surface area contributed by atoms with Gasteiger partial charge < -0.3 is 5.32 Å². The van der Waals surface area contributed by atoms with Crippen LogP contribution in [0.4, 0.5) is 0 Å². The molecule has 2 heterocycles. The lowest BCUT2D eigenvalue weighted by Crippen LogP contribution is -2.30. The van der Waals surface area contributed by atoms with E-state index in [0.29, 0.717) is 10.8 Å². The van der Waals surface area contributed by atoms with Crippen LogP contribution in [-0.2, 0) is 4.79 Å². The third-order valence-electron chi connectivity index (χ3n) is 2.92. The second kappa shape index (κ2) is 5.89. The van der Waals surface area contributed by atoms with Gasteiger partial charge in [0.15, 0.2) is 5.15 Å². The van der Waals surface area contributed by atoms with E-state index >= 15 is 0 Å². The molecule has 1 N–H and O–H groups in total. The Morgan fingerprint density at radius 3 is 3.11 bits per heavy atom. The van der Waals surface area contributed by atoms with Crippen molar-refractivity contribution in [3.8, 4) is 0 Å². The normalized spacial score (nSPS) is 13.0. The molecule has 2 aromatic heterocycles. The summed E-state index contributed by atoms with van der Waals surface area (Å²) in [6.45, 7) is 3.99. The Labute approximate surface area is 117 Å². The highest BCUT2D eigenvalue weighted by atomic mass is 35.5. The lowest BCUT2D eigenvalue weighted by atomic mass is 10.2. The summed E-state index contributed by atoms with van der Waals surface area (Å²) < 4.78 is 1.84. The van der Waals surface area contributed by atoms with Crippen LogP contribution < -0.4 is 5.32 Å². The molecule has 0 aromatic carbocycles. The van der Waals surface area contributed by atoms with Gasteiger partial charge in [-0.2, -0.15) is 0 Å². The van der Waals surface area contributed by atoms with Crippen LogP contribution in [0.3, 0.4) is 0 Å². The quantitative estimate of drug-likeness (QED) is 0.874. The van der Waals surface area contributed by atoms with Gasteiger partial charge in [-0.3, -0.25) is 9.20 Å². The Balaban J connectivity index is 2.21. The summed E-state index contributed by atoms with van der Waals surface area (Å²) in [7, 11) is 0. The van der Waals surface area contributed by atoms with Gasteiger partial charge in [-0.1, -0.05) is 24.6 Å². The predicted octanol–water partition coefficient (Wildman–Crippen LogP) is 2.92. The topological polar surface area (TPSA) is 46.4 Å². The van der Waals surface area contributed by atoms with Crippen LogP contribution in [0.25, 0.3) is 11.7 Å². The van der Waals surface area contributed by atoms with Gasteiger partial charge in [-0.05, 0) is 31.6 Å². The molecule has 5 heteroatoms. The minimum atomic E-state index is -0.128. The van der Waals surface area contributed by atoms with Gasteiger partial charge in [0.05, 0.1) is 5.69 Å². The molecule has 0 aliphatic carbocycles. The van der Waals surface area contributed by atoms with E-state index in [4.69, 9.17) is 11.6 Å². The Hall–Kier alpha value is -1.81. The summed E-state index contributed by atoms with van der Waals surface area (Å²) in [5.74, 6) is -0.128. The molecule has 0 bridgehead atoms. The number of nitrogens with zero attached hydrogens (tertiary/aromatic N) is 2. The smallest absolute Gasteiger partial charge is 0.244 e. The summed E-state index contributed by atoms with van der Waals surface area (Å²) in [6, 6.07) is 5.81.